The number of rotatable bonds is 3. The summed E-state index contributed by atoms with van der Waals surface area (Å²) in [6, 6.07) is 7.41. The molecule has 2 rings (SSSR count). The zero-order chi connectivity index (χ0) is 12.3. The van der Waals surface area contributed by atoms with Gasteiger partial charge in [-0.05, 0) is 25.1 Å². The fraction of sp³-hybridized carbons (Fsp3) is 0.167. The van der Waals surface area contributed by atoms with Crippen LogP contribution in [0.3, 0.4) is 0 Å². The summed E-state index contributed by atoms with van der Waals surface area (Å²) in [6.07, 6.45) is 3.49. The van der Waals surface area contributed by atoms with E-state index in [1.54, 1.807) is 24.4 Å². The van der Waals surface area contributed by atoms with Gasteiger partial charge in [0, 0.05) is 18.9 Å². The largest absolute Gasteiger partial charge is 0.423 e. The van der Waals surface area contributed by atoms with Crippen LogP contribution in [0.15, 0.2) is 30.6 Å². The predicted molar refractivity (Wildman–Crippen MR) is 63.5 cm³/mol. The van der Waals surface area contributed by atoms with Crippen LogP contribution in [-0.4, -0.2) is 9.55 Å². The van der Waals surface area contributed by atoms with Gasteiger partial charge in [0.1, 0.15) is 0 Å². The number of nitrogens with zero attached hydrogens (tertiary/aromatic N) is 3. The fourth-order valence-electron chi connectivity index (χ4n) is 1.45. The minimum absolute atomic E-state index is 0.426. The highest BCUT2D eigenvalue weighted by atomic mass is 16.5. The number of aryl methyl sites for hydroxylation is 1. The summed E-state index contributed by atoms with van der Waals surface area (Å²) < 4.78 is 7.45. The van der Waals surface area contributed by atoms with Gasteiger partial charge in [0.2, 0.25) is 0 Å². The van der Waals surface area contributed by atoms with Crippen molar-refractivity contribution in [2.75, 3.05) is 5.73 Å². The van der Waals surface area contributed by atoms with E-state index in [0.29, 0.717) is 23.0 Å². The molecule has 0 saturated heterocycles. The Hall–Kier alpha value is -2.48. The molecule has 5 nitrogen and oxygen atoms in total. The van der Waals surface area contributed by atoms with Gasteiger partial charge in [-0.15, -0.1) is 0 Å². The van der Waals surface area contributed by atoms with E-state index < -0.39 is 0 Å². The van der Waals surface area contributed by atoms with Crippen LogP contribution >= 0.6 is 0 Å². The summed E-state index contributed by atoms with van der Waals surface area (Å²) in [4.78, 5) is 4.09. The Bertz CT molecular complexity index is 568. The van der Waals surface area contributed by atoms with E-state index in [4.69, 9.17) is 15.7 Å². The maximum atomic E-state index is 8.73. The maximum Gasteiger partial charge on any atom is 0.301 e. The molecule has 0 radical (unpaired) electrons. The topological polar surface area (TPSA) is 76.9 Å². The molecule has 17 heavy (non-hydrogen) atoms. The molecular formula is C12H12N4O. The fourth-order valence-corrected chi connectivity index (χ4v) is 1.45. The van der Waals surface area contributed by atoms with Crippen molar-refractivity contribution in [3.63, 3.8) is 0 Å². The third kappa shape index (κ3) is 2.21. The second-order valence-corrected chi connectivity index (χ2v) is 3.46. The molecule has 2 N–H and O–H groups in total. The second kappa shape index (κ2) is 4.58. The van der Waals surface area contributed by atoms with Crippen LogP contribution in [0.2, 0.25) is 0 Å². The van der Waals surface area contributed by atoms with Crippen LogP contribution in [0.1, 0.15) is 12.5 Å². The van der Waals surface area contributed by atoms with Crippen molar-refractivity contribution < 1.29 is 4.74 Å². The molecule has 1 aromatic carbocycles. The molecule has 0 atom stereocenters. The van der Waals surface area contributed by atoms with Gasteiger partial charge in [-0.3, -0.25) is 0 Å². The summed E-state index contributed by atoms with van der Waals surface area (Å²) in [6.45, 7) is 2.77. The average Bonchev–Trinajstić information content (AvgIpc) is 2.79. The van der Waals surface area contributed by atoms with Crippen molar-refractivity contribution in [1.29, 1.82) is 5.26 Å². The smallest absolute Gasteiger partial charge is 0.301 e. The van der Waals surface area contributed by atoms with Crippen LogP contribution in [0.4, 0.5) is 5.69 Å². The second-order valence-electron chi connectivity index (χ2n) is 3.46. The van der Waals surface area contributed by atoms with Gasteiger partial charge in [0.15, 0.2) is 5.75 Å². The molecule has 0 unspecified atom stereocenters. The zero-order valence-corrected chi connectivity index (χ0v) is 9.42. The highest BCUT2D eigenvalue weighted by Crippen LogP contribution is 2.27. The number of aromatic nitrogens is 2. The molecular weight excluding hydrogens is 216 g/mol. The molecule has 86 valence electrons. The number of benzene rings is 1. The monoisotopic (exact) mass is 228 g/mol. The molecule has 5 heteroatoms. The molecule has 0 aliphatic carbocycles. The Morgan fingerprint density at radius 1 is 1.53 bits per heavy atom. The number of ether oxygens (including phenoxy) is 1. The van der Waals surface area contributed by atoms with E-state index in [2.05, 4.69) is 4.98 Å². The SMILES string of the molecule is CCn1ccnc1Oc1ccc(C#N)cc1N. The first-order valence-corrected chi connectivity index (χ1v) is 5.23. The van der Waals surface area contributed by atoms with Crippen LogP contribution in [-0.2, 0) is 6.54 Å². The van der Waals surface area contributed by atoms with E-state index in [0.717, 1.165) is 6.54 Å². The Morgan fingerprint density at radius 3 is 3.00 bits per heavy atom. The molecule has 1 heterocycles. The van der Waals surface area contributed by atoms with Gasteiger partial charge in [-0.25, -0.2) is 4.98 Å². The van der Waals surface area contributed by atoms with Crippen molar-refractivity contribution in [2.45, 2.75) is 13.5 Å². The number of hydrogen-bond donors (Lipinski definition) is 1. The number of nitrogens with two attached hydrogens (primary N) is 1. The third-order valence-electron chi connectivity index (χ3n) is 2.36. The highest BCUT2D eigenvalue weighted by Gasteiger charge is 2.07. The first-order valence-electron chi connectivity index (χ1n) is 5.23. The number of nitriles is 1. The summed E-state index contributed by atoms with van der Waals surface area (Å²) in [7, 11) is 0. The summed E-state index contributed by atoms with van der Waals surface area (Å²) in [5.74, 6) is 0.505. The quantitative estimate of drug-likeness (QED) is 0.816. The zero-order valence-electron chi connectivity index (χ0n) is 9.42. The van der Waals surface area contributed by atoms with Gasteiger partial charge in [-0.2, -0.15) is 5.26 Å². The number of hydrogen-bond acceptors (Lipinski definition) is 4. The molecule has 0 spiro atoms. The third-order valence-corrected chi connectivity index (χ3v) is 2.36. The van der Waals surface area contributed by atoms with E-state index in [9.17, 15) is 0 Å². The van der Waals surface area contributed by atoms with Crippen molar-refractivity contribution in [3.8, 4) is 17.8 Å². The Balaban J connectivity index is 2.28. The molecule has 0 fully saturated rings. The first-order chi connectivity index (χ1) is 8.24. The number of anilines is 1. The molecule has 0 aliphatic rings. The number of imidazole rings is 1. The van der Waals surface area contributed by atoms with Gasteiger partial charge >= 0.3 is 6.01 Å². The van der Waals surface area contributed by atoms with Crippen molar-refractivity contribution in [3.05, 3.63) is 36.2 Å². The van der Waals surface area contributed by atoms with E-state index in [1.807, 2.05) is 23.8 Å². The highest BCUT2D eigenvalue weighted by molar-refractivity contribution is 5.57. The lowest BCUT2D eigenvalue weighted by Crippen LogP contribution is -1.99. The molecule has 1 aromatic heterocycles. The Morgan fingerprint density at radius 2 is 2.35 bits per heavy atom. The molecule has 0 saturated carbocycles. The maximum absolute atomic E-state index is 8.73. The normalized spacial score (nSPS) is 9.88. The van der Waals surface area contributed by atoms with E-state index in [-0.39, 0.29) is 0 Å². The lowest BCUT2D eigenvalue weighted by molar-refractivity contribution is 0.417. The molecule has 0 amide bonds. The minimum atomic E-state index is 0.426. The van der Waals surface area contributed by atoms with Gasteiger partial charge in [0.25, 0.3) is 0 Å². The van der Waals surface area contributed by atoms with Gasteiger partial charge in [-0.1, -0.05) is 0 Å². The lowest BCUT2D eigenvalue weighted by Gasteiger charge is -2.08. The van der Waals surface area contributed by atoms with Crippen molar-refractivity contribution in [1.82, 2.24) is 9.55 Å². The predicted octanol–water partition coefficient (Wildman–Crippen LogP) is 2.15. The molecule has 0 aliphatic heterocycles. The summed E-state index contributed by atoms with van der Waals surface area (Å²) >= 11 is 0. The first kappa shape index (κ1) is 11.0. The van der Waals surface area contributed by atoms with Crippen molar-refractivity contribution in [2.24, 2.45) is 0 Å². The lowest BCUT2D eigenvalue weighted by atomic mass is 10.2. The molecule has 2 aromatic rings. The Kier molecular flexibility index (Phi) is 2.97. The average molecular weight is 228 g/mol. The van der Waals surface area contributed by atoms with Crippen LogP contribution in [0.25, 0.3) is 0 Å². The standard InChI is InChI=1S/C12H12N4O/c1-2-16-6-5-15-12(16)17-11-4-3-9(8-13)7-10(11)14/h3-7H,2,14H2,1H3. The van der Waals surface area contributed by atoms with Crippen LogP contribution in [0, 0.1) is 11.3 Å². The molecule has 0 bridgehead atoms. The number of nitrogen functional groups attached to an aromatic ring is 1. The van der Waals surface area contributed by atoms with E-state index >= 15 is 0 Å². The summed E-state index contributed by atoms with van der Waals surface area (Å²) in [5, 5.41) is 8.73. The minimum Gasteiger partial charge on any atom is -0.423 e. The van der Waals surface area contributed by atoms with Gasteiger partial charge in [0.05, 0.1) is 17.3 Å². The van der Waals surface area contributed by atoms with Gasteiger partial charge < -0.3 is 15.0 Å². The van der Waals surface area contributed by atoms with E-state index in [1.165, 1.54) is 0 Å². The summed E-state index contributed by atoms with van der Waals surface area (Å²) in [5.41, 5.74) is 6.73. The Labute approximate surface area is 99.1 Å². The van der Waals surface area contributed by atoms with Crippen molar-refractivity contribution >= 4 is 5.69 Å². The van der Waals surface area contributed by atoms with Crippen LogP contribution < -0.4 is 10.5 Å². The van der Waals surface area contributed by atoms with Crippen LogP contribution in [0.5, 0.6) is 11.8 Å².